The van der Waals surface area contributed by atoms with Gasteiger partial charge in [-0.05, 0) is 59.5 Å². The van der Waals surface area contributed by atoms with Crippen LogP contribution in [0.1, 0.15) is 59.3 Å². The van der Waals surface area contributed by atoms with Crippen molar-refractivity contribution in [1.29, 1.82) is 5.26 Å². The number of nitriles is 1. The topological polar surface area (TPSA) is 39.1 Å². The van der Waals surface area contributed by atoms with Gasteiger partial charge in [0.25, 0.3) is 0 Å². The van der Waals surface area contributed by atoms with Crippen LogP contribution >= 0.6 is 0 Å². The van der Waals surface area contributed by atoms with Crippen molar-refractivity contribution in [2.45, 2.75) is 76.9 Å². The number of nitrogens with zero attached hydrogens (tertiary/aromatic N) is 2. The van der Waals surface area contributed by atoms with Gasteiger partial charge in [-0.2, -0.15) is 5.26 Å². The van der Waals surface area contributed by atoms with E-state index in [-0.39, 0.29) is 5.54 Å². The quantitative estimate of drug-likeness (QED) is 0.685. The van der Waals surface area contributed by atoms with Crippen molar-refractivity contribution in [1.82, 2.24) is 10.2 Å². The van der Waals surface area contributed by atoms with E-state index in [1.165, 1.54) is 25.7 Å². The molecule has 18 heavy (non-hydrogen) atoms. The fourth-order valence-corrected chi connectivity index (χ4v) is 2.38. The summed E-state index contributed by atoms with van der Waals surface area (Å²) in [6.45, 7) is 7.65. The third-order valence-corrected chi connectivity index (χ3v) is 3.99. The second kappa shape index (κ2) is 7.11. The van der Waals surface area contributed by atoms with Crippen LogP contribution in [0, 0.1) is 11.3 Å². The van der Waals surface area contributed by atoms with E-state index in [0.717, 1.165) is 19.4 Å². The summed E-state index contributed by atoms with van der Waals surface area (Å²) in [7, 11) is 2.19. The highest BCUT2D eigenvalue weighted by molar-refractivity contribution is 5.07. The summed E-state index contributed by atoms with van der Waals surface area (Å²) in [6.07, 6.45) is 7.02. The van der Waals surface area contributed by atoms with Crippen LogP contribution in [0.3, 0.4) is 0 Å². The Bertz CT molecular complexity index is 280. The highest BCUT2D eigenvalue weighted by Crippen LogP contribution is 2.24. The van der Waals surface area contributed by atoms with Crippen LogP contribution in [-0.4, -0.2) is 36.1 Å². The molecule has 1 rings (SSSR count). The van der Waals surface area contributed by atoms with Crippen molar-refractivity contribution in [3.63, 3.8) is 0 Å². The predicted molar refractivity (Wildman–Crippen MR) is 76.4 cm³/mol. The first-order chi connectivity index (χ1) is 8.50. The molecule has 104 valence electrons. The molecule has 0 spiro atoms. The van der Waals surface area contributed by atoms with Crippen molar-refractivity contribution >= 4 is 0 Å². The van der Waals surface area contributed by atoms with Gasteiger partial charge in [-0.25, -0.2) is 0 Å². The first kappa shape index (κ1) is 15.5. The summed E-state index contributed by atoms with van der Waals surface area (Å²) < 4.78 is 0. The van der Waals surface area contributed by atoms with Gasteiger partial charge in [-0.15, -0.1) is 0 Å². The van der Waals surface area contributed by atoms with E-state index < -0.39 is 0 Å². The minimum absolute atomic E-state index is 0.323. The highest BCUT2D eigenvalue weighted by Gasteiger charge is 2.32. The van der Waals surface area contributed by atoms with Crippen LogP contribution in [0.25, 0.3) is 0 Å². The molecule has 0 bridgehead atoms. The van der Waals surface area contributed by atoms with Gasteiger partial charge in [0.15, 0.2) is 0 Å². The van der Waals surface area contributed by atoms with E-state index in [0.29, 0.717) is 12.1 Å². The molecule has 0 aromatic carbocycles. The normalized spacial score (nSPS) is 20.4. The van der Waals surface area contributed by atoms with Crippen LogP contribution < -0.4 is 5.32 Å². The maximum Gasteiger partial charge on any atom is 0.104 e. The van der Waals surface area contributed by atoms with E-state index in [9.17, 15) is 5.26 Å². The molecule has 0 radical (unpaired) electrons. The summed E-state index contributed by atoms with van der Waals surface area (Å²) in [5, 5.41) is 12.8. The molecule has 0 amide bonds. The second-order valence-electron chi connectivity index (χ2n) is 6.08. The number of hydrogen-bond donors (Lipinski definition) is 1. The monoisotopic (exact) mass is 251 g/mol. The molecule has 0 aromatic heterocycles. The minimum atomic E-state index is -0.323. The molecule has 0 saturated heterocycles. The van der Waals surface area contributed by atoms with Crippen LogP contribution in [0.15, 0.2) is 0 Å². The van der Waals surface area contributed by atoms with Gasteiger partial charge < -0.3 is 4.90 Å². The molecule has 3 heteroatoms. The SMILES string of the molecule is CCCC(C)N(C)CCCC(C)(C#N)NC1CC1. The smallest absolute Gasteiger partial charge is 0.104 e. The maximum atomic E-state index is 9.29. The average Bonchev–Trinajstić information content (AvgIpc) is 3.13. The first-order valence-corrected chi connectivity index (χ1v) is 7.40. The maximum absolute atomic E-state index is 9.29. The Morgan fingerprint density at radius 3 is 2.67 bits per heavy atom. The zero-order chi connectivity index (χ0) is 13.6. The van der Waals surface area contributed by atoms with Gasteiger partial charge in [0.1, 0.15) is 5.54 Å². The Morgan fingerprint density at radius 2 is 2.17 bits per heavy atom. The Hall–Kier alpha value is -0.590. The third kappa shape index (κ3) is 5.37. The Balaban J connectivity index is 2.24. The molecule has 0 aromatic rings. The fourth-order valence-electron chi connectivity index (χ4n) is 2.38. The molecule has 1 N–H and O–H groups in total. The zero-order valence-electron chi connectivity index (χ0n) is 12.5. The minimum Gasteiger partial charge on any atom is -0.304 e. The second-order valence-corrected chi connectivity index (χ2v) is 6.08. The molecule has 1 aliphatic carbocycles. The molecule has 2 atom stereocenters. The van der Waals surface area contributed by atoms with E-state index in [2.05, 4.69) is 37.2 Å². The van der Waals surface area contributed by atoms with Gasteiger partial charge in [-0.1, -0.05) is 13.3 Å². The standard InChI is InChI=1S/C15H29N3/c1-5-7-13(2)18(4)11-6-10-15(3,12-16)17-14-8-9-14/h13-14,17H,5-11H2,1-4H3. The Labute approximate surface area is 113 Å². The molecule has 3 nitrogen and oxygen atoms in total. The van der Waals surface area contributed by atoms with E-state index >= 15 is 0 Å². The summed E-state index contributed by atoms with van der Waals surface area (Å²) in [6, 6.07) is 3.70. The van der Waals surface area contributed by atoms with Crippen molar-refractivity contribution in [3.05, 3.63) is 0 Å². The molecule has 2 unspecified atom stereocenters. The highest BCUT2D eigenvalue weighted by atomic mass is 15.1. The van der Waals surface area contributed by atoms with Gasteiger partial charge >= 0.3 is 0 Å². The summed E-state index contributed by atoms with van der Waals surface area (Å²) in [5.41, 5.74) is -0.323. The number of rotatable bonds is 9. The number of hydrogen-bond acceptors (Lipinski definition) is 3. The van der Waals surface area contributed by atoms with E-state index in [1.54, 1.807) is 0 Å². The van der Waals surface area contributed by atoms with Gasteiger partial charge in [0.2, 0.25) is 0 Å². The van der Waals surface area contributed by atoms with Crippen LogP contribution in [0.4, 0.5) is 0 Å². The van der Waals surface area contributed by atoms with Gasteiger partial charge in [-0.3, -0.25) is 5.32 Å². The average molecular weight is 251 g/mol. The molecule has 0 heterocycles. The van der Waals surface area contributed by atoms with Gasteiger partial charge in [0, 0.05) is 12.1 Å². The van der Waals surface area contributed by atoms with Crippen molar-refractivity contribution in [2.24, 2.45) is 0 Å². The molecule has 1 fully saturated rings. The van der Waals surface area contributed by atoms with Crippen LogP contribution in [0.5, 0.6) is 0 Å². The Morgan fingerprint density at radius 1 is 1.50 bits per heavy atom. The molecule has 0 aliphatic heterocycles. The van der Waals surface area contributed by atoms with Crippen LogP contribution in [-0.2, 0) is 0 Å². The van der Waals surface area contributed by atoms with Crippen molar-refractivity contribution < 1.29 is 0 Å². The number of nitrogens with one attached hydrogen (secondary N) is 1. The molecular weight excluding hydrogens is 222 g/mol. The van der Waals surface area contributed by atoms with Crippen molar-refractivity contribution in [3.8, 4) is 6.07 Å². The van der Waals surface area contributed by atoms with Gasteiger partial charge in [0.05, 0.1) is 6.07 Å². The first-order valence-electron chi connectivity index (χ1n) is 7.40. The van der Waals surface area contributed by atoms with E-state index in [4.69, 9.17) is 0 Å². The predicted octanol–water partition coefficient (Wildman–Crippen LogP) is 2.92. The largest absolute Gasteiger partial charge is 0.304 e. The summed E-state index contributed by atoms with van der Waals surface area (Å²) >= 11 is 0. The lowest BCUT2D eigenvalue weighted by Crippen LogP contribution is -2.43. The summed E-state index contributed by atoms with van der Waals surface area (Å²) in [4.78, 5) is 2.42. The lowest BCUT2D eigenvalue weighted by atomic mass is 9.97. The zero-order valence-corrected chi connectivity index (χ0v) is 12.5. The molecular formula is C15H29N3. The molecule has 1 aliphatic rings. The fraction of sp³-hybridized carbons (Fsp3) is 0.933. The lowest BCUT2D eigenvalue weighted by Gasteiger charge is -2.27. The Kier molecular flexibility index (Phi) is 6.11. The third-order valence-electron chi connectivity index (χ3n) is 3.99. The van der Waals surface area contributed by atoms with Crippen molar-refractivity contribution in [2.75, 3.05) is 13.6 Å². The molecule has 1 saturated carbocycles. The summed E-state index contributed by atoms with van der Waals surface area (Å²) in [5.74, 6) is 0. The lowest BCUT2D eigenvalue weighted by molar-refractivity contribution is 0.232. The van der Waals surface area contributed by atoms with Crippen LogP contribution in [0.2, 0.25) is 0 Å². The van der Waals surface area contributed by atoms with E-state index in [1.807, 2.05) is 6.92 Å².